The van der Waals surface area contributed by atoms with E-state index in [4.69, 9.17) is 4.74 Å². The Morgan fingerprint density at radius 2 is 1.89 bits per heavy atom. The molecule has 0 aliphatic heterocycles. The normalized spacial score (nSPS) is 12.7. The summed E-state index contributed by atoms with van der Waals surface area (Å²) in [5, 5.41) is 20.0. The maximum absolute atomic E-state index is 10.1. The van der Waals surface area contributed by atoms with Gasteiger partial charge in [-0.05, 0) is 43.0 Å². The van der Waals surface area contributed by atoms with Gasteiger partial charge in [0.15, 0.2) is 11.5 Å². The highest BCUT2D eigenvalue weighted by atomic mass is 16.5. The molecule has 2 aromatic carbocycles. The summed E-state index contributed by atoms with van der Waals surface area (Å²) in [4.78, 5) is 0. The minimum Gasteiger partial charge on any atom is -0.507 e. The third-order valence-corrected chi connectivity index (χ3v) is 3.57. The fraction of sp³-hybridized carbons (Fsp3) is 0.250. The van der Waals surface area contributed by atoms with Gasteiger partial charge in [-0.25, -0.2) is 0 Å². The van der Waals surface area contributed by atoms with Crippen LogP contribution in [0.5, 0.6) is 17.2 Å². The van der Waals surface area contributed by atoms with E-state index in [0.717, 1.165) is 35.1 Å². The SMILES string of the molecule is CCOc1c(O)ccc2c1CCc1cccc(O)c1-2. The molecule has 19 heavy (non-hydrogen) atoms. The predicted octanol–water partition coefficient (Wildman–Crippen LogP) is 3.26. The van der Waals surface area contributed by atoms with Crippen LogP contribution in [0.15, 0.2) is 30.3 Å². The second-order valence-corrected chi connectivity index (χ2v) is 4.68. The number of phenols is 2. The van der Waals surface area contributed by atoms with Crippen molar-refractivity contribution in [1.82, 2.24) is 0 Å². The van der Waals surface area contributed by atoms with Crippen molar-refractivity contribution in [3.05, 3.63) is 41.5 Å². The van der Waals surface area contributed by atoms with Crippen molar-refractivity contribution in [2.75, 3.05) is 6.61 Å². The first kappa shape index (κ1) is 11.9. The maximum Gasteiger partial charge on any atom is 0.164 e. The molecule has 3 nitrogen and oxygen atoms in total. The Kier molecular flexibility index (Phi) is 2.82. The van der Waals surface area contributed by atoms with E-state index in [1.165, 1.54) is 0 Å². The molecular formula is C16H16O3. The van der Waals surface area contributed by atoms with Crippen molar-refractivity contribution in [2.24, 2.45) is 0 Å². The van der Waals surface area contributed by atoms with Gasteiger partial charge < -0.3 is 14.9 Å². The molecule has 0 fully saturated rings. The Morgan fingerprint density at radius 1 is 1.05 bits per heavy atom. The van der Waals surface area contributed by atoms with Crippen LogP contribution in [0.1, 0.15) is 18.1 Å². The lowest BCUT2D eigenvalue weighted by molar-refractivity contribution is 0.314. The number of benzene rings is 2. The van der Waals surface area contributed by atoms with Gasteiger partial charge in [-0.1, -0.05) is 18.2 Å². The minimum atomic E-state index is 0.166. The van der Waals surface area contributed by atoms with Crippen molar-refractivity contribution in [3.8, 4) is 28.4 Å². The first-order valence-corrected chi connectivity index (χ1v) is 6.51. The Labute approximate surface area is 112 Å². The number of aryl methyl sites for hydroxylation is 1. The first-order chi connectivity index (χ1) is 9.22. The summed E-state index contributed by atoms with van der Waals surface area (Å²) in [6.45, 7) is 2.41. The van der Waals surface area contributed by atoms with Crippen LogP contribution in [0.2, 0.25) is 0 Å². The van der Waals surface area contributed by atoms with Crippen molar-refractivity contribution in [2.45, 2.75) is 19.8 Å². The summed E-state index contributed by atoms with van der Waals surface area (Å²) < 4.78 is 5.56. The van der Waals surface area contributed by atoms with Gasteiger partial charge in [-0.3, -0.25) is 0 Å². The van der Waals surface area contributed by atoms with Crippen LogP contribution in [0.25, 0.3) is 11.1 Å². The van der Waals surface area contributed by atoms with Gasteiger partial charge in [0.25, 0.3) is 0 Å². The fourth-order valence-corrected chi connectivity index (χ4v) is 2.77. The van der Waals surface area contributed by atoms with E-state index >= 15 is 0 Å². The molecule has 0 heterocycles. The van der Waals surface area contributed by atoms with Crippen LogP contribution in [0, 0.1) is 0 Å². The van der Waals surface area contributed by atoms with Gasteiger partial charge in [-0.15, -0.1) is 0 Å². The van der Waals surface area contributed by atoms with Crippen molar-refractivity contribution in [3.63, 3.8) is 0 Å². The number of phenolic OH excluding ortho intramolecular Hbond substituents is 2. The van der Waals surface area contributed by atoms with Crippen LogP contribution in [-0.2, 0) is 12.8 Å². The highest BCUT2D eigenvalue weighted by molar-refractivity contribution is 5.81. The molecule has 0 atom stereocenters. The average molecular weight is 256 g/mol. The molecule has 0 bridgehead atoms. The second kappa shape index (κ2) is 4.50. The molecule has 0 unspecified atom stereocenters. The first-order valence-electron chi connectivity index (χ1n) is 6.51. The Hall–Kier alpha value is -2.16. The summed E-state index contributed by atoms with van der Waals surface area (Å²) in [5.74, 6) is 1.000. The third kappa shape index (κ3) is 1.82. The summed E-state index contributed by atoms with van der Waals surface area (Å²) in [6, 6.07) is 9.08. The predicted molar refractivity (Wildman–Crippen MR) is 73.8 cm³/mol. The topological polar surface area (TPSA) is 49.7 Å². The Bertz CT molecular complexity index is 632. The monoisotopic (exact) mass is 256 g/mol. The number of hydrogen-bond donors (Lipinski definition) is 2. The van der Waals surface area contributed by atoms with E-state index in [9.17, 15) is 10.2 Å². The molecule has 0 saturated carbocycles. The summed E-state index contributed by atoms with van der Waals surface area (Å²) >= 11 is 0. The molecule has 1 aliphatic carbocycles. The number of hydrogen-bond acceptors (Lipinski definition) is 3. The molecule has 0 aromatic heterocycles. The number of ether oxygens (including phenoxy) is 1. The molecule has 0 radical (unpaired) electrons. The molecule has 2 aromatic rings. The van der Waals surface area contributed by atoms with Crippen LogP contribution in [0.4, 0.5) is 0 Å². The molecule has 1 aliphatic rings. The van der Waals surface area contributed by atoms with E-state index < -0.39 is 0 Å². The van der Waals surface area contributed by atoms with Gasteiger partial charge in [0.2, 0.25) is 0 Å². The maximum atomic E-state index is 10.1. The second-order valence-electron chi connectivity index (χ2n) is 4.68. The molecular weight excluding hydrogens is 240 g/mol. The summed E-state index contributed by atoms with van der Waals surface area (Å²) in [7, 11) is 0. The zero-order valence-electron chi connectivity index (χ0n) is 10.8. The van der Waals surface area contributed by atoms with Gasteiger partial charge >= 0.3 is 0 Å². The van der Waals surface area contributed by atoms with Gasteiger partial charge in [0.1, 0.15) is 5.75 Å². The lowest BCUT2D eigenvalue weighted by atomic mass is 9.84. The molecule has 2 N–H and O–H groups in total. The molecule has 0 amide bonds. The minimum absolute atomic E-state index is 0.166. The largest absolute Gasteiger partial charge is 0.507 e. The number of aromatic hydroxyl groups is 2. The standard InChI is InChI=1S/C16H16O3/c1-2-19-16-12-7-6-10-4-3-5-13(17)15(10)11(12)8-9-14(16)18/h3-5,8-9,17-18H,2,6-7H2,1H3. The van der Waals surface area contributed by atoms with Crippen LogP contribution >= 0.6 is 0 Å². The smallest absolute Gasteiger partial charge is 0.164 e. The Balaban J connectivity index is 2.25. The fourth-order valence-electron chi connectivity index (χ4n) is 2.77. The van der Waals surface area contributed by atoms with E-state index in [0.29, 0.717) is 12.4 Å². The quantitative estimate of drug-likeness (QED) is 0.867. The number of rotatable bonds is 2. The van der Waals surface area contributed by atoms with Crippen LogP contribution in [-0.4, -0.2) is 16.8 Å². The van der Waals surface area contributed by atoms with Crippen molar-refractivity contribution < 1.29 is 14.9 Å². The van der Waals surface area contributed by atoms with E-state index in [-0.39, 0.29) is 11.5 Å². The summed E-state index contributed by atoms with van der Waals surface area (Å²) in [5.41, 5.74) is 3.95. The zero-order chi connectivity index (χ0) is 13.4. The van der Waals surface area contributed by atoms with Crippen molar-refractivity contribution >= 4 is 0 Å². The van der Waals surface area contributed by atoms with Crippen molar-refractivity contribution in [1.29, 1.82) is 0 Å². The third-order valence-electron chi connectivity index (χ3n) is 3.57. The van der Waals surface area contributed by atoms with E-state index in [1.807, 2.05) is 25.1 Å². The molecule has 3 rings (SSSR count). The lowest BCUT2D eigenvalue weighted by Crippen LogP contribution is -2.07. The van der Waals surface area contributed by atoms with E-state index in [2.05, 4.69) is 0 Å². The highest BCUT2D eigenvalue weighted by Gasteiger charge is 2.23. The lowest BCUT2D eigenvalue weighted by Gasteiger charge is -2.23. The highest BCUT2D eigenvalue weighted by Crippen LogP contribution is 2.45. The zero-order valence-corrected chi connectivity index (χ0v) is 10.8. The van der Waals surface area contributed by atoms with E-state index in [1.54, 1.807) is 12.1 Å². The van der Waals surface area contributed by atoms with Gasteiger partial charge in [0.05, 0.1) is 6.61 Å². The average Bonchev–Trinajstić information content (AvgIpc) is 2.42. The molecule has 3 heteroatoms. The number of fused-ring (bicyclic) bond motifs is 3. The van der Waals surface area contributed by atoms with Crippen LogP contribution in [0.3, 0.4) is 0 Å². The summed E-state index contributed by atoms with van der Waals surface area (Å²) in [6.07, 6.45) is 1.66. The van der Waals surface area contributed by atoms with Gasteiger partial charge in [0, 0.05) is 11.1 Å². The Morgan fingerprint density at radius 3 is 2.68 bits per heavy atom. The van der Waals surface area contributed by atoms with Crippen LogP contribution < -0.4 is 4.74 Å². The molecule has 98 valence electrons. The van der Waals surface area contributed by atoms with Gasteiger partial charge in [-0.2, -0.15) is 0 Å². The molecule has 0 spiro atoms. The molecule has 0 saturated heterocycles.